The van der Waals surface area contributed by atoms with Crippen molar-refractivity contribution in [3.05, 3.63) is 29.6 Å². The zero-order valence-electron chi connectivity index (χ0n) is 11.7. The van der Waals surface area contributed by atoms with Crippen molar-refractivity contribution in [3.63, 3.8) is 0 Å². The molecule has 0 aliphatic rings. The van der Waals surface area contributed by atoms with Crippen LogP contribution < -0.4 is 10.1 Å². The summed E-state index contributed by atoms with van der Waals surface area (Å²) in [5.41, 5.74) is -0.00867. The van der Waals surface area contributed by atoms with Crippen LogP contribution in [0.4, 0.5) is 4.39 Å². The molecule has 0 saturated heterocycles. The third kappa shape index (κ3) is 4.21. The second kappa shape index (κ2) is 6.52. The summed E-state index contributed by atoms with van der Waals surface area (Å²) >= 11 is 0. The summed E-state index contributed by atoms with van der Waals surface area (Å²) in [5.74, 6) is 0.000750. The van der Waals surface area contributed by atoms with E-state index in [4.69, 9.17) is 9.47 Å². The minimum absolute atomic E-state index is 0.303. The fourth-order valence-electron chi connectivity index (χ4n) is 1.78. The smallest absolute Gasteiger partial charge is 0.325 e. The van der Waals surface area contributed by atoms with Gasteiger partial charge in [0.05, 0.1) is 14.2 Å². The Morgan fingerprint density at radius 1 is 1.37 bits per heavy atom. The van der Waals surface area contributed by atoms with E-state index < -0.39 is 5.54 Å². The van der Waals surface area contributed by atoms with Crippen molar-refractivity contribution in [1.29, 1.82) is 0 Å². The second-order valence-corrected chi connectivity index (χ2v) is 4.75. The highest BCUT2D eigenvalue weighted by molar-refractivity contribution is 5.79. The van der Waals surface area contributed by atoms with E-state index >= 15 is 0 Å². The number of carbonyl (C=O) groups is 1. The molecule has 0 amide bonds. The van der Waals surface area contributed by atoms with Crippen molar-refractivity contribution in [2.45, 2.75) is 25.8 Å². The van der Waals surface area contributed by atoms with Crippen LogP contribution in [0.25, 0.3) is 0 Å². The first-order chi connectivity index (χ1) is 8.90. The number of esters is 1. The van der Waals surface area contributed by atoms with E-state index in [0.717, 1.165) is 5.56 Å². The maximum atomic E-state index is 13.2. The molecular formula is C14H20FNO3. The predicted molar refractivity (Wildman–Crippen MR) is 70.8 cm³/mol. The van der Waals surface area contributed by atoms with Crippen molar-refractivity contribution in [2.75, 3.05) is 20.8 Å². The molecule has 0 fully saturated rings. The number of methoxy groups -OCH3 is 2. The van der Waals surface area contributed by atoms with Crippen LogP contribution in [0.1, 0.15) is 19.4 Å². The third-order valence-corrected chi connectivity index (χ3v) is 2.90. The van der Waals surface area contributed by atoms with E-state index in [1.807, 2.05) is 0 Å². The van der Waals surface area contributed by atoms with Crippen molar-refractivity contribution in [1.82, 2.24) is 5.32 Å². The Morgan fingerprint density at radius 2 is 2.05 bits per heavy atom. The minimum atomic E-state index is -0.769. The molecular weight excluding hydrogens is 249 g/mol. The van der Waals surface area contributed by atoms with Gasteiger partial charge in [-0.2, -0.15) is 0 Å². The van der Waals surface area contributed by atoms with Crippen molar-refractivity contribution in [2.24, 2.45) is 0 Å². The Bertz CT molecular complexity index is 446. The van der Waals surface area contributed by atoms with Gasteiger partial charge in [-0.15, -0.1) is 0 Å². The maximum absolute atomic E-state index is 13.2. The lowest BCUT2D eigenvalue weighted by Gasteiger charge is -2.23. The number of ether oxygens (including phenoxy) is 2. The molecule has 0 unspecified atom stereocenters. The number of halogens is 1. The molecule has 0 radical (unpaired) electrons. The molecule has 0 aromatic heterocycles. The van der Waals surface area contributed by atoms with E-state index in [1.165, 1.54) is 19.2 Å². The van der Waals surface area contributed by atoms with Crippen LogP contribution in [0.3, 0.4) is 0 Å². The highest BCUT2D eigenvalue weighted by Crippen LogP contribution is 2.19. The quantitative estimate of drug-likeness (QED) is 0.802. The zero-order valence-corrected chi connectivity index (χ0v) is 11.7. The Hall–Kier alpha value is -1.62. The van der Waals surface area contributed by atoms with Crippen LogP contribution >= 0.6 is 0 Å². The van der Waals surface area contributed by atoms with Crippen LogP contribution in [0.15, 0.2) is 18.2 Å². The molecule has 106 valence electrons. The molecule has 0 bridgehead atoms. The van der Waals surface area contributed by atoms with E-state index in [-0.39, 0.29) is 11.8 Å². The summed E-state index contributed by atoms with van der Waals surface area (Å²) in [5, 5.41) is 3.08. The minimum Gasteiger partial charge on any atom is -0.496 e. The normalized spacial score (nSPS) is 11.2. The SMILES string of the molecule is COC(=O)C(C)(C)NCCc1cc(F)ccc1OC. The molecule has 0 heterocycles. The highest BCUT2D eigenvalue weighted by Gasteiger charge is 2.27. The summed E-state index contributed by atoms with van der Waals surface area (Å²) < 4.78 is 23.0. The zero-order chi connectivity index (χ0) is 14.5. The topological polar surface area (TPSA) is 47.6 Å². The molecule has 0 aliphatic heterocycles. The van der Waals surface area contributed by atoms with Gasteiger partial charge >= 0.3 is 5.97 Å². The number of carbonyl (C=O) groups excluding carboxylic acids is 1. The van der Waals surface area contributed by atoms with Crippen molar-refractivity contribution >= 4 is 5.97 Å². The Balaban J connectivity index is 2.63. The first kappa shape index (κ1) is 15.4. The number of benzene rings is 1. The predicted octanol–water partition coefficient (Wildman–Crippen LogP) is 1.92. The molecule has 4 nitrogen and oxygen atoms in total. The van der Waals surface area contributed by atoms with E-state index in [9.17, 15) is 9.18 Å². The fraction of sp³-hybridized carbons (Fsp3) is 0.500. The fourth-order valence-corrected chi connectivity index (χ4v) is 1.78. The van der Waals surface area contributed by atoms with Crippen LogP contribution in [0.5, 0.6) is 5.75 Å². The summed E-state index contributed by atoms with van der Waals surface area (Å²) in [7, 11) is 2.89. The number of hydrogen-bond donors (Lipinski definition) is 1. The van der Waals surface area contributed by atoms with Crippen LogP contribution in [-0.2, 0) is 16.0 Å². The molecule has 1 rings (SSSR count). The van der Waals surface area contributed by atoms with Crippen LogP contribution in [0.2, 0.25) is 0 Å². The molecule has 0 atom stereocenters. The Kier molecular flexibility index (Phi) is 5.30. The van der Waals surface area contributed by atoms with Gasteiger partial charge in [-0.1, -0.05) is 0 Å². The average Bonchev–Trinajstić information content (AvgIpc) is 2.37. The lowest BCUT2D eigenvalue weighted by Crippen LogP contribution is -2.48. The first-order valence-electron chi connectivity index (χ1n) is 6.06. The summed E-state index contributed by atoms with van der Waals surface area (Å²) in [6.07, 6.45) is 0.557. The third-order valence-electron chi connectivity index (χ3n) is 2.90. The molecule has 1 aromatic rings. The largest absolute Gasteiger partial charge is 0.496 e. The van der Waals surface area contributed by atoms with Gasteiger partial charge in [0.15, 0.2) is 0 Å². The van der Waals surface area contributed by atoms with E-state index in [0.29, 0.717) is 18.7 Å². The van der Waals surface area contributed by atoms with Gasteiger partial charge in [0.2, 0.25) is 0 Å². The monoisotopic (exact) mass is 269 g/mol. The van der Waals surface area contributed by atoms with Gasteiger partial charge in [0.25, 0.3) is 0 Å². The summed E-state index contributed by atoms with van der Waals surface area (Å²) in [6, 6.07) is 4.38. The molecule has 1 aromatic carbocycles. The maximum Gasteiger partial charge on any atom is 0.325 e. The second-order valence-electron chi connectivity index (χ2n) is 4.75. The van der Waals surface area contributed by atoms with Crippen molar-refractivity contribution in [3.8, 4) is 5.75 Å². The summed E-state index contributed by atoms with van der Waals surface area (Å²) in [6.45, 7) is 3.99. The number of nitrogens with one attached hydrogen (secondary N) is 1. The van der Waals surface area contributed by atoms with Gasteiger partial charge in [-0.3, -0.25) is 4.79 Å². The van der Waals surface area contributed by atoms with Crippen LogP contribution in [0, 0.1) is 5.82 Å². The van der Waals surface area contributed by atoms with Gasteiger partial charge in [0.1, 0.15) is 17.1 Å². The van der Waals surface area contributed by atoms with Gasteiger partial charge in [-0.25, -0.2) is 4.39 Å². The van der Waals surface area contributed by atoms with Crippen molar-refractivity contribution < 1.29 is 18.7 Å². The lowest BCUT2D eigenvalue weighted by molar-refractivity contribution is -0.147. The van der Waals surface area contributed by atoms with Gasteiger partial charge in [-0.05, 0) is 44.0 Å². The highest BCUT2D eigenvalue weighted by atomic mass is 19.1. The number of hydrogen-bond acceptors (Lipinski definition) is 4. The van der Waals surface area contributed by atoms with Crippen LogP contribution in [-0.4, -0.2) is 32.3 Å². The van der Waals surface area contributed by atoms with Gasteiger partial charge in [0, 0.05) is 6.54 Å². The van der Waals surface area contributed by atoms with E-state index in [1.54, 1.807) is 27.0 Å². The van der Waals surface area contributed by atoms with Gasteiger partial charge < -0.3 is 14.8 Å². The molecule has 1 N–H and O–H groups in total. The molecule has 5 heteroatoms. The molecule has 0 saturated carbocycles. The molecule has 0 spiro atoms. The van der Waals surface area contributed by atoms with E-state index in [2.05, 4.69) is 5.32 Å². The standard InChI is InChI=1S/C14H20FNO3/c1-14(2,13(17)19-4)16-8-7-10-9-11(15)5-6-12(10)18-3/h5-6,9,16H,7-8H2,1-4H3. The Labute approximate surface area is 112 Å². The average molecular weight is 269 g/mol. The first-order valence-corrected chi connectivity index (χ1v) is 6.06. The molecule has 0 aliphatic carbocycles. The Morgan fingerprint density at radius 3 is 2.63 bits per heavy atom. The molecule has 19 heavy (non-hydrogen) atoms. The lowest BCUT2D eigenvalue weighted by atomic mass is 10.0. The number of rotatable bonds is 6. The summed E-state index contributed by atoms with van der Waals surface area (Å²) in [4.78, 5) is 11.5.